The number of unbranched alkanes of at least 4 members (excludes halogenated alkanes) is 1. The maximum Gasteiger partial charge on any atom is 0.253 e. The van der Waals surface area contributed by atoms with E-state index >= 15 is 0 Å². The standard InChI is InChI=1S/C30H45N5O6/c1-4-5-12-24(34-27(38)19(2)31-3)30(41)35-17-8-15-25(35)28(39)32-22-13-6-11-21-20(22)10-7-14-23(21)33-29(40)26(37)16-9-18-36/h7,10,14,18-19,22,24-26,31,37H,4-6,8-9,11-13,15-17H2,1-3H3,(H,32,39)(H,33,40)(H,34,38)/t19-,22+,24-,25-,26?/m0/s1. The quantitative estimate of drug-likeness (QED) is 0.213. The number of aldehydes is 1. The largest absolute Gasteiger partial charge is 0.383 e. The molecule has 1 saturated heterocycles. The third-order valence-corrected chi connectivity index (χ3v) is 8.07. The van der Waals surface area contributed by atoms with E-state index < -0.39 is 30.1 Å². The first-order chi connectivity index (χ1) is 19.7. The van der Waals surface area contributed by atoms with Crippen LogP contribution in [0, 0.1) is 0 Å². The van der Waals surface area contributed by atoms with E-state index in [2.05, 4.69) is 21.3 Å². The van der Waals surface area contributed by atoms with Gasteiger partial charge in [0.05, 0.1) is 12.1 Å². The molecule has 11 nitrogen and oxygen atoms in total. The number of likely N-dealkylation sites (N-methyl/N-ethyl adjacent to an activating group) is 1. The Bertz CT molecular complexity index is 1100. The Balaban J connectivity index is 1.72. The number of rotatable bonds is 14. The predicted octanol–water partition coefficient (Wildman–Crippen LogP) is 1.73. The lowest BCUT2D eigenvalue weighted by atomic mass is 9.86. The molecule has 5 atom stereocenters. The number of likely N-dealkylation sites (tertiary alicyclic amines) is 1. The molecule has 3 rings (SSSR count). The molecule has 1 aromatic rings. The van der Waals surface area contributed by atoms with Crippen molar-refractivity contribution in [2.45, 2.75) is 108 Å². The summed E-state index contributed by atoms with van der Waals surface area (Å²) in [5.41, 5.74) is 2.38. The molecule has 0 aromatic heterocycles. The van der Waals surface area contributed by atoms with Gasteiger partial charge in [0.15, 0.2) is 0 Å². The number of aliphatic hydroxyl groups excluding tert-OH is 1. The van der Waals surface area contributed by atoms with Crippen molar-refractivity contribution in [2.75, 3.05) is 18.9 Å². The van der Waals surface area contributed by atoms with Crippen molar-refractivity contribution >= 4 is 35.6 Å². The lowest BCUT2D eigenvalue weighted by molar-refractivity contribution is -0.142. The van der Waals surface area contributed by atoms with Crippen LogP contribution in [0.1, 0.15) is 88.8 Å². The highest BCUT2D eigenvalue weighted by Crippen LogP contribution is 2.35. The molecule has 41 heavy (non-hydrogen) atoms. The number of hydrogen-bond acceptors (Lipinski definition) is 7. The number of benzene rings is 1. The van der Waals surface area contributed by atoms with Gasteiger partial charge in [0.2, 0.25) is 17.7 Å². The van der Waals surface area contributed by atoms with E-state index in [1.807, 2.05) is 13.0 Å². The summed E-state index contributed by atoms with van der Waals surface area (Å²) in [5, 5.41) is 21.8. The summed E-state index contributed by atoms with van der Waals surface area (Å²) < 4.78 is 0. The normalized spacial score (nSPS) is 20.3. The predicted molar refractivity (Wildman–Crippen MR) is 155 cm³/mol. The van der Waals surface area contributed by atoms with Crippen LogP contribution >= 0.6 is 0 Å². The minimum atomic E-state index is -1.28. The Morgan fingerprint density at radius 3 is 2.61 bits per heavy atom. The molecule has 1 unspecified atom stereocenters. The number of amides is 4. The second-order valence-electron chi connectivity index (χ2n) is 11.0. The zero-order chi connectivity index (χ0) is 29.9. The van der Waals surface area contributed by atoms with Gasteiger partial charge in [-0.05, 0) is 76.1 Å². The number of anilines is 1. The molecule has 0 spiro atoms. The van der Waals surface area contributed by atoms with Gasteiger partial charge in [0.25, 0.3) is 5.91 Å². The van der Waals surface area contributed by atoms with Crippen LogP contribution in [-0.2, 0) is 30.4 Å². The number of carbonyl (C=O) groups is 5. The van der Waals surface area contributed by atoms with Gasteiger partial charge in [-0.25, -0.2) is 0 Å². The average Bonchev–Trinajstić information content (AvgIpc) is 3.47. The Hall–Kier alpha value is -3.31. The van der Waals surface area contributed by atoms with Crippen molar-refractivity contribution < 1.29 is 29.1 Å². The van der Waals surface area contributed by atoms with Crippen molar-refractivity contribution in [3.05, 3.63) is 29.3 Å². The van der Waals surface area contributed by atoms with E-state index in [0.717, 1.165) is 36.8 Å². The molecule has 1 aliphatic heterocycles. The Morgan fingerprint density at radius 1 is 1.12 bits per heavy atom. The summed E-state index contributed by atoms with van der Waals surface area (Å²) >= 11 is 0. The fourth-order valence-corrected chi connectivity index (χ4v) is 5.55. The molecule has 1 heterocycles. The maximum absolute atomic E-state index is 13.6. The van der Waals surface area contributed by atoms with Crippen LogP contribution in [0.15, 0.2) is 18.2 Å². The lowest BCUT2D eigenvalue weighted by Gasteiger charge is -2.32. The molecule has 11 heteroatoms. The van der Waals surface area contributed by atoms with Crippen LogP contribution in [0.25, 0.3) is 0 Å². The van der Waals surface area contributed by atoms with Gasteiger partial charge in [-0.15, -0.1) is 0 Å². The summed E-state index contributed by atoms with van der Waals surface area (Å²) in [4.78, 5) is 64.4. The number of aliphatic hydroxyl groups is 1. The van der Waals surface area contributed by atoms with Crippen molar-refractivity contribution in [2.24, 2.45) is 0 Å². The van der Waals surface area contributed by atoms with Crippen molar-refractivity contribution in [3.8, 4) is 0 Å². The Morgan fingerprint density at radius 2 is 1.90 bits per heavy atom. The van der Waals surface area contributed by atoms with E-state index in [-0.39, 0.29) is 36.6 Å². The van der Waals surface area contributed by atoms with Crippen LogP contribution in [0.2, 0.25) is 0 Å². The number of carbonyl (C=O) groups excluding carboxylic acids is 5. The molecule has 4 amide bonds. The zero-order valence-electron chi connectivity index (χ0n) is 24.4. The van der Waals surface area contributed by atoms with E-state index in [9.17, 15) is 29.1 Å². The Kier molecular flexibility index (Phi) is 12.3. The van der Waals surface area contributed by atoms with Crippen molar-refractivity contribution in [1.82, 2.24) is 20.9 Å². The molecule has 1 fully saturated rings. The summed E-state index contributed by atoms with van der Waals surface area (Å²) in [6.07, 6.45) is 5.17. The molecular formula is C30H45N5O6. The molecule has 1 aromatic carbocycles. The summed E-state index contributed by atoms with van der Waals surface area (Å²) in [7, 11) is 1.69. The van der Waals surface area contributed by atoms with Crippen LogP contribution in [-0.4, -0.2) is 77.7 Å². The molecule has 5 N–H and O–H groups in total. The van der Waals surface area contributed by atoms with Gasteiger partial charge in [-0.2, -0.15) is 0 Å². The topological polar surface area (TPSA) is 157 Å². The van der Waals surface area contributed by atoms with Crippen LogP contribution in [0.4, 0.5) is 5.69 Å². The molecule has 0 bridgehead atoms. The van der Waals surface area contributed by atoms with Crippen LogP contribution in [0.3, 0.4) is 0 Å². The SMILES string of the molecule is CCCC[C@H](NC(=O)[C@H](C)NC)C(=O)N1CCC[C@H]1C(=O)N[C@@H]1CCCc2c(NC(=O)C(O)CCC=O)cccc21. The highest BCUT2D eigenvalue weighted by Gasteiger charge is 2.39. The molecular weight excluding hydrogens is 526 g/mol. The average molecular weight is 572 g/mol. The summed E-state index contributed by atoms with van der Waals surface area (Å²) in [6.45, 7) is 4.22. The number of fused-ring (bicyclic) bond motifs is 1. The van der Waals surface area contributed by atoms with Gasteiger partial charge in [0.1, 0.15) is 24.5 Å². The highest BCUT2D eigenvalue weighted by molar-refractivity contribution is 5.95. The third-order valence-electron chi connectivity index (χ3n) is 8.07. The first-order valence-electron chi connectivity index (χ1n) is 14.8. The Labute approximate surface area is 242 Å². The monoisotopic (exact) mass is 571 g/mol. The van der Waals surface area contributed by atoms with E-state index in [4.69, 9.17) is 0 Å². The lowest BCUT2D eigenvalue weighted by Crippen LogP contribution is -2.55. The minimum Gasteiger partial charge on any atom is -0.383 e. The van der Waals surface area contributed by atoms with E-state index in [1.165, 1.54) is 0 Å². The zero-order valence-corrected chi connectivity index (χ0v) is 24.4. The number of nitrogens with one attached hydrogen (secondary N) is 4. The van der Waals surface area contributed by atoms with Gasteiger partial charge >= 0.3 is 0 Å². The second-order valence-corrected chi connectivity index (χ2v) is 11.0. The fourth-order valence-electron chi connectivity index (χ4n) is 5.55. The number of nitrogens with zero attached hydrogens (tertiary/aromatic N) is 1. The molecule has 1 aliphatic carbocycles. The van der Waals surface area contributed by atoms with Crippen molar-refractivity contribution in [1.29, 1.82) is 0 Å². The van der Waals surface area contributed by atoms with Crippen LogP contribution in [0.5, 0.6) is 0 Å². The van der Waals surface area contributed by atoms with Gasteiger partial charge in [0, 0.05) is 18.7 Å². The second kappa shape index (κ2) is 15.6. The first-order valence-corrected chi connectivity index (χ1v) is 14.8. The summed E-state index contributed by atoms with van der Waals surface area (Å²) in [5.74, 6) is -1.27. The fraction of sp³-hybridized carbons (Fsp3) is 0.633. The van der Waals surface area contributed by atoms with Crippen molar-refractivity contribution in [3.63, 3.8) is 0 Å². The smallest absolute Gasteiger partial charge is 0.253 e. The minimum absolute atomic E-state index is 0.0527. The van der Waals surface area contributed by atoms with Gasteiger partial charge in [-0.3, -0.25) is 19.2 Å². The van der Waals surface area contributed by atoms with E-state index in [1.54, 1.807) is 31.0 Å². The van der Waals surface area contributed by atoms with Gasteiger partial charge in [-0.1, -0.05) is 31.9 Å². The van der Waals surface area contributed by atoms with Crippen LogP contribution < -0.4 is 21.3 Å². The van der Waals surface area contributed by atoms with Gasteiger partial charge < -0.3 is 36.1 Å². The molecule has 0 saturated carbocycles. The number of hydrogen-bond donors (Lipinski definition) is 5. The molecule has 226 valence electrons. The highest BCUT2D eigenvalue weighted by atomic mass is 16.3. The third kappa shape index (κ3) is 8.36. The molecule has 2 aliphatic rings. The molecule has 0 radical (unpaired) electrons. The summed E-state index contributed by atoms with van der Waals surface area (Å²) in [6, 6.07) is 3.47. The maximum atomic E-state index is 13.6. The first kappa shape index (κ1) is 32.2. The van der Waals surface area contributed by atoms with E-state index in [0.29, 0.717) is 44.2 Å².